The van der Waals surface area contributed by atoms with Crippen LogP contribution in [-0.4, -0.2) is 50.2 Å². The molecule has 20 heavy (non-hydrogen) atoms. The van der Waals surface area contributed by atoms with Crippen LogP contribution in [0.15, 0.2) is 0 Å². The van der Waals surface area contributed by atoms with Gasteiger partial charge in [-0.05, 0) is 44.3 Å². The molecule has 1 aliphatic rings. The van der Waals surface area contributed by atoms with Crippen molar-refractivity contribution in [3.05, 3.63) is 0 Å². The number of likely N-dealkylation sites (tertiary alicyclic amines) is 1. The van der Waals surface area contributed by atoms with E-state index in [-0.39, 0.29) is 12.0 Å². The number of hydrogen-bond acceptors (Lipinski definition) is 4. The van der Waals surface area contributed by atoms with Crippen molar-refractivity contribution in [1.29, 1.82) is 0 Å². The summed E-state index contributed by atoms with van der Waals surface area (Å²) in [6, 6.07) is -0.158. The standard InChI is InChI=1S/C16H32N2O2/c1-5-16(6-2)9-12-18(13-10-16)11-8-14(17-7-3)15(19)20-4/h14,17H,5-13H2,1-4H3. The van der Waals surface area contributed by atoms with Crippen LogP contribution in [0.1, 0.15) is 52.9 Å². The van der Waals surface area contributed by atoms with Crippen LogP contribution in [-0.2, 0) is 9.53 Å². The van der Waals surface area contributed by atoms with E-state index in [1.165, 1.54) is 45.9 Å². The van der Waals surface area contributed by atoms with E-state index in [0.717, 1.165) is 19.5 Å². The molecule has 1 N–H and O–H groups in total. The number of rotatable bonds is 8. The summed E-state index contributed by atoms with van der Waals surface area (Å²) in [6.07, 6.45) is 6.01. The van der Waals surface area contributed by atoms with Crippen molar-refractivity contribution in [2.24, 2.45) is 5.41 Å². The predicted molar refractivity (Wildman–Crippen MR) is 82.8 cm³/mol. The molecule has 0 spiro atoms. The number of ether oxygens (including phenoxy) is 1. The number of carbonyl (C=O) groups is 1. The number of likely N-dealkylation sites (N-methyl/N-ethyl adjacent to an activating group) is 1. The third-order valence-electron chi connectivity index (χ3n) is 5.09. The van der Waals surface area contributed by atoms with Crippen molar-refractivity contribution in [3.63, 3.8) is 0 Å². The molecule has 0 aromatic rings. The monoisotopic (exact) mass is 284 g/mol. The van der Waals surface area contributed by atoms with Gasteiger partial charge in [0.2, 0.25) is 0 Å². The highest BCUT2D eigenvalue weighted by molar-refractivity contribution is 5.75. The van der Waals surface area contributed by atoms with E-state index in [2.05, 4.69) is 24.1 Å². The van der Waals surface area contributed by atoms with E-state index >= 15 is 0 Å². The van der Waals surface area contributed by atoms with Crippen molar-refractivity contribution in [2.45, 2.75) is 58.9 Å². The molecule has 1 saturated heterocycles. The first-order chi connectivity index (χ1) is 9.60. The lowest BCUT2D eigenvalue weighted by Gasteiger charge is -2.41. The van der Waals surface area contributed by atoms with E-state index in [4.69, 9.17) is 4.74 Å². The summed E-state index contributed by atoms with van der Waals surface area (Å²) >= 11 is 0. The molecule has 0 amide bonds. The maximum absolute atomic E-state index is 11.7. The summed E-state index contributed by atoms with van der Waals surface area (Å²) in [7, 11) is 1.46. The van der Waals surface area contributed by atoms with Gasteiger partial charge in [0, 0.05) is 6.54 Å². The van der Waals surface area contributed by atoms with E-state index < -0.39 is 0 Å². The zero-order valence-corrected chi connectivity index (χ0v) is 13.7. The first-order valence-electron chi connectivity index (χ1n) is 8.14. The Bertz CT molecular complexity index is 280. The SMILES string of the molecule is CCNC(CCN1CCC(CC)(CC)CC1)C(=O)OC. The van der Waals surface area contributed by atoms with Gasteiger partial charge in [-0.1, -0.05) is 33.6 Å². The molecular formula is C16H32N2O2. The van der Waals surface area contributed by atoms with Gasteiger partial charge in [-0.15, -0.1) is 0 Å². The fourth-order valence-corrected chi connectivity index (χ4v) is 3.21. The molecule has 1 aliphatic heterocycles. The molecule has 0 saturated carbocycles. The second-order valence-electron chi connectivity index (χ2n) is 5.97. The van der Waals surface area contributed by atoms with Gasteiger partial charge in [-0.2, -0.15) is 0 Å². The minimum Gasteiger partial charge on any atom is -0.468 e. The van der Waals surface area contributed by atoms with Crippen molar-refractivity contribution < 1.29 is 9.53 Å². The molecule has 4 heteroatoms. The minimum atomic E-state index is -0.158. The fourth-order valence-electron chi connectivity index (χ4n) is 3.21. The Morgan fingerprint density at radius 3 is 2.30 bits per heavy atom. The average Bonchev–Trinajstić information content (AvgIpc) is 2.51. The highest BCUT2D eigenvalue weighted by atomic mass is 16.5. The van der Waals surface area contributed by atoms with E-state index in [1.807, 2.05) is 6.92 Å². The van der Waals surface area contributed by atoms with Crippen molar-refractivity contribution in [1.82, 2.24) is 10.2 Å². The number of hydrogen-bond donors (Lipinski definition) is 1. The lowest BCUT2D eigenvalue weighted by molar-refractivity contribution is -0.143. The molecule has 118 valence electrons. The molecule has 0 aliphatic carbocycles. The number of carbonyl (C=O) groups excluding carboxylic acids is 1. The third kappa shape index (κ3) is 4.74. The average molecular weight is 284 g/mol. The quantitative estimate of drug-likeness (QED) is 0.695. The van der Waals surface area contributed by atoms with Crippen molar-refractivity contribution >= 4 is 5.97 Å². The summed E-state index contributed by atoms with van der Waals surface area (Å²) in [5, 5.41) is 3.21. The highest BCUT2D eigenvalue weighted by Gasteiger charge is 2.31. The van der Waals surface area contributed by atoms with Gasteiger partial charge >= 0.3 is 5.97 Å². The fraction of sp³-hybridized carbons (Fsp3) is 0.938. The van der Waals surface area contributed by atoms with Crippen LogP contribution in [0.4, 0.5) is 0 Å². The van der Waals surface area contributed by atoms with Gasteiger partial charge in [-0.3, -0.25) is 4.79 Å². The Labute approximate surface area is 124 Å². The zero-order chi connectivity index (χ0) is 15.0. The molecular weight excluding hydrogens is 252 g/mol. The van der Waals surface area contributed by atoms with E-state index in [1.54, 1.807) is 0 Å². The number of piperidine rings is 1. The third-order valence-corrected chi connectivity index (χ3v) is 5.09. The summed E-state index contributed by atoms with van der Waals surface area (Å²) in [5.41, 5.74) is 0.569. The summed E-state index contributed by atoms with van der Waals surface area (Å²) in [6.45, 7) is 10.8. The van der Waals surface area contributed by atoms with Crippen molar-refractivity contribution in [2.75, 3.05) is 33.3 Å². The molecule has 1 atom stereocenters. The Kier molecular flexibility index (Phi) is 7.52. The molecule has 1 unspecified atom stereocenters. The van der Waals surface area contributed by atoms with Crippen LogP contribution in [0, 0.1) is 5.41 Å². The second kappa shape index (κ2) is 8.63. The van der Waals surface area contributed by atoms with E-state index in [0.29, 0.717) is 5.41 Å². The molecule has 1 heterocycles. The van der Waals surface area contributed by atoms with Crippen LogP contribution in [0.2, 0.25) is 0 Å². The van der Waals surface area contributed by atoms with E-state index in [9.17, 15) is 4.79 Å². The zero-order valence-electron chi connectivity index (χ0n) is 13.7. The van der Waals surface area contributed by atoms with Crippen LogP contribution in [0.25, 0.3) is 0 Å². The largest absolute Gasteiger partial charge is 0.468 e. The number of methoxy groups -OCH3 is 1. The molecule has 4 nitrogen and oxygen atoms in total. The molecule has 1 fully saturated rings. The maximum Gasteiger partial charge on any atom is 0.322 e. The first kappa shape index (κ1) is 17.4. The van der Waals surface area contributed by atoms with Gasteiger partial charge in [0.1, 0.15) is 6.04 Å². The van der Waals surface area contributed by atoms with Crippen LogP contribution in [0.5, 0.6) is 0 Å². The number of nitrogens with zero attached hydrogens (tertiary/aromatic N) is 1. The van der Waals surface area contributed by atoms with Gasteiger partial charge in [-0.25, -0.2) is 0 Å². The summed E-state index contributed by atoms with van der Waals surface area (Å²) in [5.74, 6) is -0.139. The van der Waals surface area contributed by atoms with Gasteiger partial charge in [0.05, 0.1) is 7.11 Å². The van der Waals surface area contributed by atoms with Crippen LogP contribution >= 0.6 is 0 Å². The Morgan fingerprint density at radius 2 is 1.85 bits per heavy atom. The molecule has 0 bridgehead atoms. The van der Waals surface area contributed by atoms with Gasteiger partial charge in [0.15, 0.2) is 0 Å². The minimum absolute atomic E-state index is 0.139. The topological polar surface area (TPSA) is 41.6 Å². The van der Waals surface area contributed by atoms with Gasteiger partial charge in [0.25, 0.3) is 0 Å². The Hall–Kier alpha value is -0.610. The molecule has 1 rings (SSSR count). The smallest absolute Gasteiger partial charge is 0.322 e. The van der Waals surface area contributed by atoms with Gasteiger partial charge < -0.3 is 15.0 Å². The summed E-state index contributed by atoms with van der Waals surface area (Å²) < 4.78 is 4.85. The lowest BCUT2D eigenvalue weighted by Crippen LogP contribution is -2.44. The lowest BCUT2D eigenvalue weighted by atomic mass is 9.74. The predicted octanol–water partition coefficient (Wildman–Crippen LogP) is 2.43. The second-order valence-corrected chi connectivity index (χ2v) is 5.97. The highest BCUT2D eigenvalue weighted by Crippen LogP contribution is 2.37. The van der Waals surface area contributed by atoms with Crippen LogP contribution < -0.4 is 5.32 Å². The molecule has 0 aromatic carbocycles. The number of nitrogens with one attached hydrogen (secondary N) is 1. The first-order valence-corrected chi connectivity index (χ1v) is 8.14. The maximum atomic E-state index is 11.7. The number of esters is 1. The summed E-state index contributed by atoms with van der Waals surface area (Å²) in [4.78, 5) is 14.2. The molecule has 0 aromatic heterocycles. The normalized spacial score (nSPS) is 20.6. The van der Waals surface area contributed by atoms with Crippen LogP contribution in [0.3, 0.4) is 0 Å². The molecule has 0 radical (unpaired) electrons. The Balaban J connectivity index is 2.37. The van der Waals surface area contributed by atoms with Crippen molar-refractivity contribution in [3.8, 4) is 0 Å². The Morgan fingerprint density at radius 1 is 1.25 bits per heavy atom.